The van der Waals surface area contributed by atoms with E-state index >= 15 is 0 Å². The van der Waals surface area contributed by atoms with Gasteiger partial charge < -0.3 is 18.9 Å². The molecule has 124 valence electrons. The largest absolute Gasteiger partial charge is 0.460 e. The molecule has 2 rings (SSSR count). The predicted molar refractivity (Wildman–Crippen MR) is 82.4 cm³/mol. The first-order valence-electron chi connectivity index (χ1n) is 7.31. The predicted octanol–water partition coefficient (Wildman–Crippen LogP) is 3.09. The molecule has 6 heteroatoms. The fourth-order valence-corrected chi connectivity index (χ4v) is 2.09. The van der Waals surface area contributed by atoms with Crippen molar-refractivity contribution in [1.29, 1.82) is 0 Å². The highest BCUT2D eigenvalue weighted by molar-refractivity contribution is 5.87. The molecule has 0 aliphatic carbocycles. The highest BCUT2D eigenvalue weighted by Crippen LogP contribution is 2.42. The molecule has 0 atom stereocenters. The Bertz CT molecular complexity index is 666. The zero-order valence-electron chi connectivity index (χ0n) is 13.9. The Kier molecular flexibility index (Phi) is 4.63. The number of fused-ring (bicyclic) bond motifs is 1. The third-order valence-corrected chi connectivity index (χ3v) is 3.10. The van der Waals surface area contributed by atoms with Gasteiger partial charge in [0.1, 0.15) is 12.0 Å². The first kappa shape index (κ1) is 16.9. The van der Waals surface area contributed by atoms with Crippen molar-refractivity contribution in [3.63, 3.8) is 0 Å². The van der Waals surface area contributed by atoms with Gasteiger partial charge in [-0.3, -0.25) is 4.79 Å². The van der Waals surface area contributed by atoms with E-state index in [1.165, 1.54) is 13.2 Å². The second kappa shape index (κ2) is 6.32. The fraction of sp³-hybridized carbons (Fsp3) is 0.412. The third-order valence-electron chi connectivity index (χ3n) is 3.10. The Morgan fingerprint density at radius 1 is 1.17 bits per heavy atom. The Balaban J connectivity index is 2.40. The van der Waals surface area contributed by atoms with Gasteiger partial charge >= 0.3 is 11.9 Å². The SMILES string of the molecule is CCOC(=O)C1=COc2cc(OC(C)=O)c(C(C)(C)C)cc2O1. The highest BCUT2D eigenvalue weighted by atomic mass is 16.6. The first-order valence-corrected chi connectivity index (χ1v) is 7.31. The Labute approximate surface area is 135 Å². The summed E-state index contributed by atoms with van der Waals surface area (Å²) in [6, 6.07) is 3.29. The molecule has 0 N–H and O–H groups in total. The van der Waals surface area contributed by atoms with E-state index in [9.17, 15) is 9.59 Å². The van der Waals surface area contributed by atoms with E-state index in [1.807, 2.05) is 20.8 Å². The summed E-state index contributed by atoms with van der Waals surface area (Å²) in [5, 5.41) is 0. The lowest BCUT2D eigenvalue weighted by molar-refractivity contribution is -0.141. The van der Waals surface area contributed by atoms with Gasteiger partial charge in [0.25, 0.3) is 0 Å². The van der Waals surface area contributed by atoms with E-state index in [2.05, 4.69) is 0 Å². The van der Waals surface area contributed by atoms with E-state index in [1.54, 1.807) is 19.1 Å². The van der Waals surface area contributed by atoms with Crippen molar-refractivity contribution in [3.05, 3.63) is 29.7 Å². The molecular formula is C17H20O6. The lowest BCUT2D eigenvalue weighted by Gasteiger charge is -2.25. The average Bonchev–Trinajstić information content (AvgIpc) is 2.44. The molecule has 0 fully saturated rings. The fourth-order valence-electron chi connectivity index (χ4n) is 2.09. The summed E-state index contributed by atoms with van der Waals surface area (Å²) < 4.78 is 21.1. The van der Waals surface area contributed by atoms with Gasteiger partial charge in [0, 0.05) is 18.6 Å². The zero-order chi connectivity index (χ0) is 17.2. The lowest BCUT2D eigenvalue weighted by atomic mass is 9.86. The van der Waals surface area contributed by atoms with Crippen LogP contribution in [0.4, 0.5) is 0 Å². The van der Waals surface area contributed by atoms with Crippen LogP contribution in [0.2, 0.25) is 0 Å². The molecule has 0 aromatic heterocycles. The number of ether oxygens (including phenoxy) is 4. The van der Waals surface area contributed by atoms with Crippen LogP contribution in [0.5, 0.6) is 17.2 Å². The molecule has 0 radical (unpaired) electrons. The van der Waals surface area contributed by atoms with Gasteiger partial charge in [-0.2, -0.15) is 0 Å². The molecule has 1 aliphatic rings. The molecule has 0 bridgehead atoms. The molecule has 1 aliphatic heterocycles. The van der Waals surface area contributed by atoms with Crippen LogP contribution in [0.3, 0.4) is 0 Å². The van der Waals surface area contributed by atoms with Gasteiger partial charge in [-0.05, 0) is 18.4 Å². The van der Waals surface area contributed by atoms with Crippen molar-refractivity contribution in [2.24, 2.45) is 0 Å². The molecule has 0 unspecified atom stereocenters. The molecule has 0 saturated carbocycles. The third kappa shape index (κ3) is 3.83. The molecule has 0 spiro atoms. The summed E-state index contributed by atoms with van der Waals surface area (Å²) in [6.45, 7) is 9.22. The normalized spacial score (nSPS) is 13.2. The van der Waals surface area contributed by atoms with Gasteiger partial charge in [0.05, 0.1) is 6.61 Å². The van der Waals surface area contributed by atoms with Crippen molar-refractivity contribution in [3.8, 4) is 17.2 Å². The van der Waals surface area contributed by atoms with Crippen LogP contribution in [-0.2, 0) is 19.7 Å². The zero-order valence-corrected chi connectivity index (χ0v) is 13.9. The maximum Gasteiger partial charge on any atom is 0.377 e. The van der Waals surface area contributed by atoms with E-state index in [0.717, 1.165) is 5.56 Å². The number of rotatable bonds is 3. The number of benzene rings is 1. The van der Waals surface area contributed by atoms with E-state index < -0.39 is 11.9 Å². The van der Waals surface area contributed by atoms with Crippen LogP contribution in [-0.4, -0.2) is 18.5 Å². The molecule has 1 aromatic carbocycles. The number of hydrogen-bond acceptors (Lipinski definition) is 6. The van der Waals surface area contributed by atoms with Gasteiger partial charge in [0.2, 0.25) is 5.76 Å². The number of hydrogen-bond donors (Lipinski definition) is 0. The molecule has 1 heterocycles. The summed E-state index contributed by atoms with van der Waals surface area (Å²) >= 11 is 0. The van der Waals surface area contributed by atoms with Crippen LogP contribution in [0.1, 0.15) is 40.2 Å². The second-order valence-corrected chi connectivity index (χ2v) is 6.06. The van der Waals surface area contributed by atoms with Crippen molar-refractivity contribution in [2.45, 2.75) is 40.0 Å². The van der Waals surface area contributed by atoms with Crippen molar-refractivity contribution < 1.29 is 28.5 Å². The molecule has 23 heavy (non-hydrogen) atoms. The molecular weight excluding hydrogens is 300 g/mol. The quantitative estimate of drug-likeness (QED) is 0.629. The van der Waals surface area contributed by atoms with Crippen molar-refractivity contribution in [1.82, 2.24) is 0 Å². The van der Waals surface area contributed by atoms with Gasteiger partial charge in [-0.1, -0.05) is 20.8 Å². The van der Waals surface area contributed by atoms with Crippen molar-refractivity contribution >= 4 is 11.9 Å². The smallest absolute Gasteiger partial charge is 0.377 e. The highest BCUT2D eigenvalue weighted by Gasteiger charge is 2.27. The summed E-state index contributed by atoms with van der Waals surface area (Å²) in [6.07, 6.45) is 1.18. The lowest BCUT2D eigenvalue weighted by Crippen LogP contribution is -2.19. The molecule has 6 nitrogen and oxygen atoms in total. The molecule has 0 amide bonds. The Morgan fingerprint density at radius 3 is 2.43 bits per heavy atom. The Morgan fingerprint density at radius 2 is 1.87 bits per heavy atom. The summed E-state index contributed by atoms with van der Waals surface area (Å²) in [4.78, 5) is 23.0. The summed E-state index contributed by atoms with van der Waals surface area (Å²) in [7, 11) is 0. The second-order valence-electron chi connectivity index (χ2n) is 6.06. The van der Waals surface area contributed by atoms with Crippen LogP contribution < -0.4 is 14.2 Å². The maximum atomic E-state index is 11.7. The van der Waals surface area contributed by atoms with Crippen LogP contribution in [0.15, 0.2) is 24.2 Å². The first-order chi connectivity index (χ1) is 10.7. The monoisotopic (exact) mass is 320 g/mol. The summed E-state index contributed by atoms with van der Waals surface area (Å²) in [5.41, 5.74) is 0.467. The minimum Gasteiger partial charge on any atom is -0.460 e. The van der Waals surface area contributed by atoms with Crippen LogP contribution >= 0.6 is 0 Å². The molecule has 1 aromatic rings. The van der Waals surface area contributed by atoms with E-state index in [-0.39, 0.29) is 17.8 Å². The average molecular weight is 320 g/mol. The summed E-state index contributed by atoms with van der Waals surface area (Å²) in [5.74, 6) is 0.0907. The van der Waals surface area contributed by atoms with Gasteiger partial charge in [-0.25, -0.2) is 4.79 Å². The minimum absolute atomic E-state index is 0.0283. The Hall–Kier alpha value is -2.50. The van der Waals surface area contributed by atoms with E-state index in [4.69, 9.17) is 18.9 Å². The maximum absolute atomic E-state index is 11.7. The minimum atomic E-state index is -0.598. The van der Waals surface area contributed by atoms with Crippen LogP contribution in [0, 0.1) is 0 Å². The molecule has 0 saturated heterocycles. The van der Waals surface area contributed by atoms with Gasteiger partial charge in [-0.15, -0.1) is 0 Å². The number of carbonyl (C=O) groups is 2. The van der Waals surface area contributed by atoms with Crippen LogP contribution in [0.25, 0.3) is 0 Å². The number of carbonyl (C=O) groups excluding carboxylic acids is 2. The van der Waals surface area contributed by atoms with E-state index in [0.29, 0.717) is 17.2 Å². The number of esters is 2. The van der Waals surface area contributed by atoms with Crippen molar-refractivity contribution in [2.75, 3.05) is 6.61 Å². The standard InChI is InChI=1S/C17H20O6/c1-6-20-16(19)15-9-21-13-8-12(22-10(2)18)11(17(3,4)5)7-14(13)23-15/h7-9H,6H2,1-5H3. The topological polar surface area (TPSA) is 71.1 Å². The van der Waals surface area contributed by atoms with Gasteiger partial charge in [0.15, 0.2) is 11.5 Å².